The van der Waals surface area contributed by atoms with E-state index >= 15 is 0 Å². The summed E-state index contributed by atoms with van der Waals surface area (Å²) in [5.41, 5.74) is 0.0142. The summed E-state index contributed by atoms with van der Waals surface area (Å²) in [4.78, 5) is 9.92. The molecule has 0 aliphatic heterocycles. The van der Waals surface area contributed by atoms with Crippen molar-refractivity contribution in [2.75, 3.05) is 0 Å². The van der Waals surface area contributed by atoms with Crippen molar-refractivity contribution in [2.24, 2.45) is 0 Å². The Balaban J connectivity index is 2.88. The molecular weight excluding hydrogens is 142 g/mol. The van der Waals surface area contributed by atoms with E-state index in [-0.39, 0.29) is 5.69 Å². The minimum absolute atomic E-state index is 0.0142. The van der Waals surface area contributed by atoms with Crippen LogP contribution in [0.25, 0.3) is 0 Å². The number of nitrogens with zero attached hydrogens (tertiary/aromatic N) is 2. The van der Waals surface area contributed by atoms with Crippen molar-refractivity contribution >= 4 is 6.29 Å². The number of carbonyl (C=O) groups is 1. The zero-order valence-corrected chi connectivity index (χ0v) is 4.87. The van der Waals surface area contributed by atoms with Crippen LogP contribution in [0.3, 0.4) is 0 Å². The van der Waals surface area contributed by atoms with Gasteiger partial charge in [0.1, 0.15) is 5.69 Å². The van der Waals surface area contributed by atoms with Crippen molar-refractivity contribution in [3.8, 4) is 0 Å². The van der Waals surface area contributed by atoms with E-state index in [1.807, 2.05) is 0 Å². The van der Waals surface area contributed by atoms with Gasteiger partial charge in [0, 0.05) is 6.20 Å². The van der Waals surface area contributed by atoms with E-state index in [1.165, 1.54) is 6.07 Å². The van der Waals surface area contributed by atoms with E-state index < -0.39 is 6.55 Å². The van der Waals surface area contributed by atoms with Gasteiger partial charge >= 0.3 is 6.55 Å². The standard InChI is InChI=1S/C5H4F2N2O/c6-5(7)9-2-1-4(3-10)8-9/h1-3,5H. The first kappa shape index (κ1) is 6.85. The summed E-state index contributed by atoms with van der Waals surface area (Å²) >= 11 is 0. The molecule has 10 heavy (non-hydrogen) atoms. The molecule has 0 aliphatic rings. The van der Waals surface area contributed by atoms with E-state index in [9.17, 15) is 13.6 Å². The van der Waals surface area contributed by atoms with Crippen LogP contribution in [-0.2, 0) is 0 Å². The second-order valence-electron chi connectivity index (χ2n) is 1.62. The van der Waals surface area contributed by atoms with Gasteiger partial charge < -0.3 is 0 Å². The average molecular weight is 146 g/mol. The maximum Gasteiger partial charge on any atom is 0.333 e. The molecule has 54 valence electrons. The third-order valence-electron chi connectivity index (χ3n) is 0.950. The minimum atomic E-state index is -2.67. The van der Waals surface area contributed by atoms with E-state index in [0.29, 0.717) is 11.0 Å². The molecule has 0 unspecified atom stereocenters. The summed E-state index contributed by atoms with van der Waals surface area (Å²) in [5, 5.41) is 3.23. The van der Waals surface area contributed by atoms with Crippen LogP contribution in [0.1, 0.15) is 17.0 Å². The Hall–Kier alpha value is -1.26. The zero-order chi connectivity index (χ0) is 7.56. The summed E-state index contributed by atoms with van der Waals surface area (Å²) in [6.07, 6.45) is 1.47. The molecule has 1 rings (SSSR count). The van der Waals surface area contributed by atoms with Crippen molar-refractivity contribution in [3.63, 3.8) is 0 Å². The number of aldehydes is 1. The lowest BCUT2D eigenvalue weighted by atomic mass is 10.5. The van der Waals surface area contributed by atoms with Crippen LogP contribution in [0, 0.1) is 0 Å². The lowest BCUT2D eigenvalue weighted by Crippen LogP contribution is -1.98. The van der Waals surface area contributed by atoms with Crippen LogP contribution in [0.15, 0.2) is 12.3 Å². The van der Waals surface area contributed by atoms with Crippen molar-refractivity contribution in [1.82, 2.24) is 9.78 Å². The van der Waals surface area contributed by atoms with Gasteiger partial charge in [0.25, 0.3) is 0 Å². The molecule has 0 saturated heterocycles. The zero-order valence-electron chi connectivity index (χ0n) is 4.87. The molecular formula is C5H4F2N2O. The Morgan fingerprint density at radius 1 is 1.70 bits per heavy atom. The van der Waals surface area contributed by atoms with Crippen molar-refractivity contribution in [2.45, 2.75) is 6.55 Å². The molecule has 0 fully saturated rings. The largest absolute Gasteiger partial charge is 0.333 e. The highest BCUT2D eigenvalue weighted by molar-refractivity contribution is 5.71. The predicted molar refractivity (Wildman–Crippen MR) is 28.9 cm³/mol. The molecule has 0 atom stereocenters. The number of halogens is 2. The Labute approximate surface area is 55.3 Å². The Bertz CT molecular complexity index is 233. The fourth-order valence-corrected chi connectivity index (χ4v) is 0.524. The second-order valence-corrected chi connectivity index (χ2v) is 1.62. The smallest absolute Gasteiger partial charge is 0.296 e. The molecule has 5 heteroatoms. The number of rotatable bonds is 2. The molecule has 0 radical (unpaired) electrons. The predicted octanol–water partition coefficient (Wildman–Crippen LogP) is 1.09. The van der Waals surface area contributed by atoms with Crippen LogP contribution in [0.5, 0.6) is 0 Å². The van der Waals surface area contributed by atoms with E-state index in [1.54, 1.807) is 0 Å². The van der Waals surface area contributed by atoms with Gasteiger partial charge in [-0.3, -0.25) is 4.79 Å². The van der Waals surface area contributed by atoms with Gasteiger partial charge in [-0.25, -0.2) is 4.68 Å². The molecule has 0 bridgehead atoms. The highest BCUT2D eigenvalue weighted by Gasteiger charge is 2.05. The topological polar surface area (TPSA) is 34.9 Å². The summed E-state index contributed by atoms with van der Waals surface area (Å²) in [5.74, 6) is 0. The Morgan fingerprint density at radius 3 is 2.70 bits per heavy atom. The molecule has 0 amide bonds. The first-order valence-electron chi connectivity index (χ1n) is 2.52. The van der Waals surface area contributed by atoms with Crippen LogP contribution in [-0.4, -0.2) is 16.1 Å². The first-order chi connectivity index (χ1) is 4.74. The first-order valence-corrected chi connectivity index (χ1v) is 2.52. The molecule has 0 N–H and O–H groups in total. The molecule has 1 heterocycles. The summed E-state index contributed by atoms with van der Waals surface area (Å²) in [6.45, 7) is -2.67. The maximum atomic E-state index is 11.7. The van der Waals surface area contributed by atoms with Gasteiger partial charge in [-0.15, -0.1) is 0 Å². The van der Waals surface area contributed by atoms with Gasteiger partial charge in [-0.2, -0.15) is 13.9 Å². The van der Waals surface area contributed by atoms with E-state index in [0.717, 1.165) is 6.20 Å². The third kappa shape index (κ3) is 1.18. The van der Waals surface area contributed by atoms with Crippen LogP contribution in [0.4, 0.5) is 8.78 Å². The number of alkyl halides is 2. The minimum Gasteiger partial charge on any atom is -0.296 e. The quantitative estimate of drug-likeness (QED) is 0.585. The normalized spacial score (nSPS) is 10.3. The SMILES string of the molecule is O=Cc1ccn(C(F)F)n1. The van der Waals surface area contributed by atoms with Crippen LogP contribution >= 0.6 is 0 Å². The van der Waals surface area contributed by atoms with Gasteiger partial charge in [0.05, 0.1) is 0 Å². The van der Waals surface area contributed by atoms with Crippen LogP contribution < -0.4 is 0 Å². The van der Waals surface area contributed by atoms with Crippen LogP contribution in [0.2, 0.25) is 0 Å². The summed E-state index contributed by atoms with van der Waals surface area (Å²) in [7, 11) is 0. The lowest BCUT2D eigenvalue weighted by Gasteiger charge is -1.94. The number of carbonyl (C=O) groups excluding carboxylic acids is 1. The molecule has 0 aromatic carbocycles. The summed E-state index contributed by atoms with van der Waals surface area (Å²) in [6, 6.07) is 1.22. The molecule has 0 saturated carbocycles. The second kappa shape index (κ2) is 2.55. The maximum absolute atomic E-state index is 11.7. The Kier molecular flexibility index (Phi) is 1.75. The van der Waals surface area contributed by atoms with Gasteiger partial charge in [-0.05, 0) is 6.07 Å². The monoisotopic (exact) mass is 146 g/mol. The molecule has 1 aromatic heterocycles. The van der Waals surface area contributed by atoms with Gasteiger partial charge in [0.2, 0.25) is 0 Å². The lowest BCUT2D eigenvalue weighted by molar-refractivity contribution is 0.0562. The number of hydrogen-bond acceptors (Lipinski definition) is 2. The highest BCUT2D eigenvalue weighted by atomic mass is 19.3. The van der Waals surface area contributed by atoms with Crippen molar-refractivity contribution in [1.29, 1.82) is 0 Å². The molecule has 0 aliphatic carbocycles. The Morgan fingerprint density at radius 2 is 2.40 bits per heavy atom. The number of aromatic nitrogens is 2. The van der Waals surface area contributed by atoms with Gasteiger partial charge in [0.15, 0.2) is 6.29 Å². The van der Waals surface area contributed by atoms with Gasteiger partial charge in [-0.1, -0.05) is 0 Å². The average Bonchev–Trinajstić information content (AvgIpc) is 2.34. The van der Waals surface area contributed by atoms with Crippen molar-refractivity contribution < 1.29 is 13.6 Å². The highest BCUT2D eigenvalue weighted by Crippen LogP contribution is 2.07. The fraction of sp³-hybridized carbons (Fsp3) is 0.200. The molecule has 3 nitrogen and oxygen atoms in total. The van der Waals surface area contributed by atoms with E-state index in [2.05, 4.69) is 5.10 Å². The van der Waals surface area contributed by atoms with E-state index in [4.69, 9.17) is 0 Å². The third-order valence-corrected chi connectivity index (χ3v) is 0.950. The van der Waals surface area contributed by atoms with Crippen molar-refractivity contribution in [3.05, 3.63) is 18.0 Å². The molecule has 1 aromatic rings. The fourth-order valence-electron chi connectivity index (χ4n) is 0.524. The number of hydrogen-bond donors (Lipinski definition) is 0. The summed E-state index contributed by atoms with van der Waals surface area (Å²) < 4.78 is 23.8. The molecule has 0 spiro atoms.